The zero-order valence-electron chi connectivity index (χ0n) is 8.14. The molecule has 0 atom stereocenters. The Morgan fingerprint density at radius 3 is 1.83 bits per heavy atom. The van der Waals surface area contributed by atoms with E-state index in [9.17, 15) is 10.2 Å². The Morgan fingerprint density at radius 2 is 1.75 bits per heavy atom. The molecular weight excluding hydrogens is 152 g/mol. The fourth-order valence-electron chi connectivity index (χ4n) is 2.32. The molecule has 0 aliphatic heterocycles. The maximum Gasteiger partial charge on any atom is 0.0725 e. The van der Waals surface area contributed by atoms with Crippen molar-refractivity contribution in [1.82, 2.24) is 0 Å². The molecule has 0 aromatic rings. The molecule has 0 radical (unpaired) electrons. The summed E-state index contributed by atoms with van der Waals surface area (Å²) in [7, 11) is 0. The summed E-state index contributed by atoms with van der Waals surface area (Å²) in [5, 5.41) is 19.5. The van der Waals surface area contributed by atoms with Gasteiger partial charge in [-0.1, -0.05) is 13.8 Å². The lowest BCUT2D eigenvalue weighted by atomic mass is 9.59. The summed E-state index contributed by atoms with van der Waals surface area (Å²) in [5.74, 6) is 0. The first-order chi connectivity index (χ1) is 5.64. The van der Waals surface area contributed by atoms with Gasteiger partial charge in [-0.3, -0.25) is 0 Å². The first kappa shape index (κ1) is 10.0. The summed E-state index contributed by atoms with van der Waals surface area (Å²) in [6.45, 7) is 4.22. The first-order valence-corrected chi connectivity index (χ1v) is 4.97. The molecule has 1 rings (SSSR count). The van der Waals surface area contributed by atoms with Crippen LogP contribution >= 0.6 is 0 Å². The number of rotatable bonds is 4. The van der Waals surface area contributed by atoms with Gasteiger partial charge < -0.3 is 10.2 Å². The van der Waals surface area contributed by atoms with E-state index in [1.54, 1.807) is 0 Å². The number of hydrogen-bond acceptors (Lipinski definition) is 2. The Morgan fingerprint density at radius 1 is 1.25 bits per heavy atom. The van der Waals surface area contributed by atoms with E-state index in [1.807, 2.05) is 0 Å². The van der Waals surface area contributed by atoms with Crippen LogP contribution in [0.15, 0.2) is 0 Å². The van der Waals surface area contributed by atoms with Crippen molar-refractivity contribution in [2.45, 2.75) is 51.6 Å². The molecule has 0 bridgehead atoms. The van der Waals surface area contributed by atoms with Gasteiger partial charge in [0.15, 0.2) is 0 Å². The predicted molar refractivity (Wildman–Crippen MR) is 48.9 cm³/mol. The topological polar surface area (TPSA) is 40.5 Å². The second kappa shape index (κ2) is 3.35. The van der Waals surface area contributed by atoms with Gasteiger partial charge in [-0.2, -0.15) is 0 Å². The summed E-state index contributed by atoms with van der Waals surface area (Å²) >= 11 is 0. The molecule has 1 aliphatic rings. The van der Waals surface area contributed by atoms with E-state index in [4.69, 9.17) is 0 Å². The van der Waals surface area contributed by atoms with Crippen molar-refractivity contribution in [3.63, 3.8) is 0 Å². The molecule has 2 heteroatoms. The van der Waals surface area contributed by atoms with Gasteiger partial charge in [0.2, 0.25) is 0 Å². The van der Waals surface area contributed by atoms with Gasteiger partial charge in [0.05, 0.1) is 12.2 Å². The quantitative estimate of drug-likeness (QED) is 0.677. The zero-order chi connectivity index (χ0) is 9.24. The fraction of sp³-hybridized carbons (Fsp3) is 1.00. The monoisotopic (exact) mass is 172 g/mol. The lowest BCUT2D eigenvalue weighted by molar-refractivity contribution is -0.161. The van der Waals surface area contributed by atoms with Crippen LogP contribution in [0.2, 0.25) is 0 Å². The van der Waals surface area contributed by atoms with Gasteiger partial charge in [0, 0.05) is 5.41 Å². The third-order valence-electron chi connectivity index (χ3n) is 3.82. The van der Waals surface area contributed by atoms with E-state index < -0.39 is 5.60 Å². The predicted octanol–water partition coefficient (Wildman–Crippen LogP) is 1.70. The van der Waals surface area contributed by atoms with Gasteiger partial charge in [-0.25, -0.2) is 0 Å². The minimum Gasteiger partial charge on any atom is -0.396 e. The molecule has 0 saturated heterocycles. The molecule has 0 heterocycles. The molecule has 0 amide bonds. The molecule has 0 spiro atoms. The van der Waals surface area contributed by atoms with E-state index in [1.165, 1.54) is 0 Å². The summed E-state index contributed by atoms with van der Waals surface area (Å²) in [6, 6.07) is 0. The Hall–Kier alpha value is -0.0800. The molecule has 2 N–H and O–H groups in total. The Balaban J connectivity index is 2.75. The average Bonchev–Trinajstić information content (AvgIpc) is 2.05. The van der Waals surface area contributed by atoms with Crippen LogP contribution in [-0.2, 0) is 0 Å². The Kier molecular flexibility index (Phi) is 2.79. The van der Waals surface area contributed by atoms with E-state index >= 15 is 0 Å². The molecule has 0 unspecified atom stereocenters. The molecule has 12 heavy (non-hydrogen) atoms. The highest BCUT2D eigenvalue weighted by molar-refractivity contribution is 5.02. The second-order valence-corrected chi connectivity index (χ2v) is 4.03. The Labute approximate surface area is 74.6 Å². The summed E-state index contributed by atoms with van der Waals surface area (Å²) in [4.78, 5) is 0. The highest BCUT2D eigenvalue weighted by Crippen LogP contribution is 2.49. The van der Waals surface area contributed by atoms with Crippen molar-refractivity contribution in [2.75, 3.05) is 6.61 Å². The van der Waals surface area contributed by atoms with E-state index in [-0.39, 0.29) is 12.0 Å². The van der Waals surface area contributed by atoms with Gasteiger partial charge in [-0.05, 0) is 32.1 Å². The average molecular weight is 172 g/mol. The van der Waals surface area contributed by atoms with Crippen LogP contribution in [0.25, 0.3) is 0 Å². The second-order valence-electron chi connectivity index (χ2n) is 4.03. The number of aliphatic hydroxyl groups excluding tert-OH is 1. The highest BCUT2D eigenvalue weighted by atomic mass is 16.3. The van der Waals surface area contributed by atoms with Crippen LogP contribution < -0.4 is 0 Å². The smallest absolute Gasteiger partial charge is 0.0725 e. The van der Waals surface area contributed by atoms with Crippen LogP contribution in [0.1, 0.15) is 46.0 Å². The van der Waals surface area contributed by atoms with Gasteiger partial charge in [-0.15, -0.1) is 0 Å². The van der Waals surface area contributed by atoms with Crippen LogP contribution in [-0.4, -0.2) is 22.4 Å². The maximum absolute atomic E-state index is 10.2. The Bertz CT molecular complexity index is 138. The molecule has 0 aromatic heterocycles. The van der Waals surface area contributed by atoms with Crippen molar-refractivity contribution in [2.24, 2.45) is 5.41 Å². The number of aliphatic hydroxyl groups is 2. The summed E-state index contributed by atoms with van der Waals surface area (Å²) in [5.41, 5.74) is -0.795. The summed E-state index contributed by atoms with van der Waals surface area (Å²) in [6.07, 6.45) is 4.59. The molecule has 1 fully saturated rings. The van der Waals surface area contributed by atoms with Crippen LogP contribution in [0.4, 0.5) is 0 Å². The lowest BCUT2D eigenvalue weighted by Gasteiger charge is -2.51. The molecule has 1 saturated carbocycles. The number of hydrogen-bond donors (Lipinski definition) is 2. The molecular formula is C10H20O2. The van der Waals surface area contributed by atoms with Crippen LogP contribution in [0.3, 0.4) is 0 Å². The molecule has 2 nitrogen and oxygen atoms in total. The SMILES string of the molecule is CCC(CC)(CO)C1(O)CCC1. The van der Waals surface area contributed by atoms with E-state index in [0.29, 0.717) is 0 Å². The normalized spacial score (nSPS) is 22.0. The highest BCUT2D eigenvalue weighted by Gasteiger charge is 2.51. The summed E-state index contributed by atoms with van der Waals surface area (Å²) < 4.78 is 0. The van der Waals surface area contributed by atoms with Crippen LogP contribution in [0, 0.1) is 5.41 Å². The van der Waals surface area contributed by atoms with E-state index in [2.05, 4.69) is 13.8 Å². The fourth-order valence-corrected chi connectivity index (χ4v) is 2.32. The van der Waals surface area contributed by atoms with E-state index in [0.717, 1.165) is 32.1 Å². The minimum atomic E-state index is -0.564. The first-order valence-electron chi connectivity index (χ1n) is 4.97. The van der Waals surface area contributed by atoms with Gasteiger partial charge in [0.25, 0.3) is 0 Å². The molecule has 0 aromatic carbocycles. The maximum atomic E-state index is 10.2. The third-order valence-corrected chi connectivity index (χ3v) is 3.82. The minimum absolute atomic E-state index is 0.122. The van der Waals surface area contributed by atoms with Gasteiger partial charge in [0.1, 0.15) is 0 Å². The van der Waals surface area contributed by atoms with Crippen molar-refractivity contribution in [3.8, 4) is 0 Å². The largest absolute Gasteiger partial charge is 0.396 e. The molecule has 72 valence electrons. The third kappa shape index (κ3) is 1.17. The van der Waals surface area contributed by atoms with Crippen molar-refractivity contribution < 1.29 is 10.2 Å². The van der Waals surface area contributed by atoms with Gasteiger partial charge >= 0.3 is 0 Å². The molecule has 1 aliphatic carbocycles. The van der Waals surface area contributed by atoms with Crippen molar-refractivity contribution in [1.29, 1.82) is 0 Å². The van der Waals surface area contributed by atoms with Crippen molar-refractivity contribution >= 4 is 0 Å². The van der Waals surface area contributed by atoms with Crippen molar-refractivity contribution in [3.05, 3.63) is 0 Å². The zero-order valence-corrected chi connectivity index (χ0v) is 8.14. The lowest BCUT2D eigenvalue weighted by Crippen LogP contribution is -2.54. The standard InChI is InChI=1S/C10H20O2/c1-3-9(4-2,8-11)10(12)6-5-7-10/h11-12H,3-8H2,1-2H3. The van der Waals surface area contributed by atoms with Crippen LogP contribution in [0.5, 0.6) is 0 Å².